The highest BCUT2D eigenvalue weighted by atomic mass is 32.2. The zero-order chi connectivity index (χ0) is 17.5. The quantitative estimate of drug-likeness (QED) is 0.868. The van der Waals surface area contributed by atoms with Gasteiger partial charge in [-0.1, -0.05) is 23.8 Å². The SMILES string of the molecule is Cc1cc(C)c(-c2c(C)cc(C)c(S(=O)(=O)ON)c2C)c(C)c1. The molecule has 0 saturated heterocycles. The van der Waals surface area contributed by atoms with Crippen molar-refractivity contribution in [2.45, 2.75) is 46.4 Å². The molecule has 0 aromatic heterocycles. The van der Waals surface area contributed by atoms with Gasteiger partial charge in [-0.2, -0.15) is 18.6 Å². The van der Waals surface area contributed by atoms with Gasteiger partial charge in [0.25, 0.3) is 0 Å². The van der Waals surface area contributed by atoms with Crippen LogP contribution in [0.1, 0.15) is 33.4 Å². The van der Waals surface area contributed by atoms with Gasteiger partial charge in [-0.05, 0) is 80.5 Å². The first-order valence-corrected chi connectivity index (χ1v) is 8.83. The minimum absolute atomic E-state index is 0.153. The first kappa shape index (κ1) is 17.7. The van der Waals surface area contributed by atoms with Crippen LogP contribution in [0.15, 0.2) is 23.1 Å². The molecule has 0 aliphatic rings. The third-order valence-corrected chi connectivity index (χ3v) is 5.59. The molecule has 2 N–H and O–H groups in total. The summed E-state index contributed by atoms with van der Waals surface area (Å²) >= 11 is 0. The zero-order valence-corrected chi connectivity index (χ0v) is 15.3. The van der Waals surface area contributed by atoms with E-state index >= 15 is 0 Å². The minimum Gasteiger partial charge on any atom is -0.197 e. The van der Waals surface area contributed by atoms with Gasteiger partial charge in [-0.3, -0.25) is 0 Å². The first-order chi connectivity index (χ1) is 10.6. The van der Waals surface area contributed by atoms with Crippen molar-refractivity contribution in [2.24, 2.45) is 5.90 Å². The highest BCUT2D eigenvalue weighted by Crippen LogP contribution is 2.37. The Labute approximate surface area is 138 Å². The fourth-order valence-electron chi connectivity index (χ4n) is 3.56. The Morgan fingerprint density at radius 3 is 1.74 bits per heavy atom. The van der Waals surface area contributed by atoms with Crippen LogP contribution in [0.5, 0.6) is 0 Å². The van der Waals surface area contributed by atoms with E-state index < -0.39 is 10.1 Å². The summed E-state index contributed by atoms with van der Waals surface area (Å²) in [6.07, 6.45) is 0. The van der Waals surface area contributed by atoms with Gasteiger partial charge in [0, 0.05) is 0 Å². The van der Waals surface area contributed by atoms with Crippen LogP contribution >= 0.6 is 0 Å². The minimum atomic E-state index is -3.96. The van der Waals surface area contributed by atoms with Gasteiger partial charge in [0.15, 0.2) is 0 Å². The number of rotatable bonds is 3. The largest absolute Gasteiger partial charge is 0.313 e. The highest BCUT2D eigenvalue weighted by molar-refractivity contribution is 7.86. The number of nitrogens with two attached hydrogens (primary N) is 1. The molecule has 2 aromatic carbocycles. The van der Waals surface area contributed by atoms with Crippen molar-refractivity contribution in [2.75, 3.05) is 0 Å². The summed E-state index contributed by atoms with van der Waals surface area (Å²) in [5, 5.41) is 0. The number of hydrogen-bond donors (Lipinski definition) is 1. The molecule has 2 aromatic rings. The summed E-state index contributed by atoms with van der Waals surface area (Å²) in [6, 6.07) is 6.08. The summed E-state index contributed by atoms with van der Waals surface area (Å²) < 4.78 is 28.7. The van der Waals surface area contributed by atoms with E-state index in [0.717, 1.165) is 27.8 Å². The van der Waals surface area contributed by atoms with E-state index in [9.17, 15) is 8.42 Å². The molecule has 0 amide bonds. The van der Waals surface area contributed by atoms with Crippen LogP contribution in [0.2, 0.25) is 0 Å². The summed E-state index contributed by atoms with van der Waals surface area (Å²) in [5.74, 6) is 4.99. The molecule has 0 unspecified atom stereocenters. The Balaban J connectivity index is 2.93. The summed E-state index contributed by atoms with van der Waals surface area (Å²) in [4.78, 5) is 0.153. The van der Waals surface area contributed by atoms with Crippen molar-refractivity contribution in [3.05, 3.63) is 51.6 Å². The highest BCUT2D eigenvalue weighted by Gasteiger charge is 2.24. The van der Waals surface area contributed by atoms with Gasteiger partial charge in [0.2, 0.25) is 0 Å². The van der Waals surface area contributed by atoms with Crippen LogP contribution in [0.4, 0.5) is 0 Å². The maximum atomic E-state index is 12.2. The number of aryl methyl sites for hydroxylation is 5. The van der Waals surface area contributed by atoms with Crippen LogP contribution in [-0.4, -0.2) is 8.42 Å². The second-order valence-corrected chi connectivity index (χ2v) is 7.67. The maximum Gasteiger partial charge on any atom is 0.313 e. The Bertz CT molecular complexity index is 861. The van der Waals surface area contributed by atoms with Crippen molar-refractivity contribution in [1.29, 1.82) is 0 Å². The van der Waals surface area contributed by atoms with Crippen molar-refractivity contribution in [1.82, 2.24) is 0 Å². The average molecular weight is 333 g/mol. The standard InChI is InChI=1S/C18H23NO3S/c1-10-7-11(2)16(12(3)8-10)17-13(4)9-14(5)18(15(17)6)23(20,21)22-19/h7-9H,19H2,1-6H3. The second kappa shape index (κ2) is 6.07. The lowest BCUT2D eigenvalue weighted by molar-refractivity contribution is 0.332. The first-order valence-electron chi connectivity index (χ1n) is 7.42. The van der Waals surface area contributed by atoms with Gasteiger partial charge < -0.3 is 0 Å². The molecular formula is C18H23NO3S. The van der Waals surface area contributed by atoms with Crippen molar-refractivity contribution < 1.29 is 12.7 Å². The summed E-state index contributed by atoms with van der Waals surface area (Å²) in [6.45, 7) is 11.7. The lowest BCUT2D eigenvalue weighted by Gasteiger charge is -2.20. The monoisotopic (exact) mass is 333 g/mol. The van der Waals surface area contributed by atoms with E-state index in [1.54, 1.807) is 13.8 Å². The molecule has 23 heavy (non-hydrogen) atoms. The molecule has 0 heterocycles. The topological polar surface area (TPSA) is 69.4 Å². The Hall–Kier alpha value is -1.69. The van der Waals surface area contributed by atoms with Crippen molar-refractivity contribution in [3.8, 4) is 11.1 Å². The van der Waals surface area contributed by atoms with E-state index in [1.807, 2.05) is 26.8 Å². The molecule has 0 atom stereocenters. The van der Waals surface area contributed by atoms with E-state index in [1.165, 1.54) is 5.56 Å². The van der Waals surface area contributed by atoms with Crippen LogP contribution in [0.25, 0.3) is 11.1 Å². The Morgan fingerprint density at radius 1 is 0.783 bits per heavy atom. The predicted molar refractivity (Wildman–Crippen MR) is 92.8 cm³/mol. The van der Waals surface area contributed by atoms with Crippen LogP contribution in [0.3, 0.4) is 0 Å². The molecule has 124 valence electrons. The molecule has 2 rings (SSSR count). The fraction of sp³-hybridized carbons (Fsp3) is 0.333. The normalized spacial score (nSPS) is 11.8. The van der Waals surface area contributed by atoms with Gasteiger partial charge >= 0.3 is 10.1 Å². The van der Waals surface area contributed by atoms with Gasteiger partial charge in [-0.25, -0.2) is 0 Å². The van der Waals surface area contributed by atoms with Gasteiger partial charge in [0.05, 0.1) is 0 Å². The van der Waals surface area contributed by atoms with E-state index in [0.29, 0.717) is 11.1 Å². The lowest BCUT2D eigenvalue weighted by Crippen LogP contribution is -2.15. The lowest BCUT2D eigenvalue weighted by atomic mass is 9.87. The van der Waals surface area contributed by atoms with E-state index in [4.69, 9.17) is 5.90 Å². The van der Waals surface area contributed by atoms with Crippen molar-refractivity contribution in [3.63, 3.8) is 0 Å². The van der Waals surface area contributed by atoms with Gasteiger partial charge in [0.1, 0.15) is 4.90 Å². The molecule has 0 spiro atoms. The Kier molecular flexibility index (Phi) is 4.66. The molecule has 4 nitrogen and oxygen atoms in total. The molecule has 0 fully saturated rings. The molecule has 0 aliphatic heterocycles. The number of benzene rings is 2. The maximum absolute atomic E-state index is 12.2. The van der Waals surface area contributed by atoms with E-state index in [-0.39, 0.29) is 4.90 Å². The summed E-state index contributed by atoms with van der Waals surface area (Å²) in [5.41, 5.74) is 7.76. The molecule has 5 heteroatoms. The molecule has 0 aliphatic carbocycles. The summed E-state index contributed by atoms with van der Waals surface area (Å²) in [7, 11) is -3.96. The predicted octanol–water partition coefficient (Wildman–Crippen LogP) is 3.78. The zero-order valence-electron chi connectivity index (χ0n) is 14.4. The Morgan fingerprint density at radius 2 is 1.26 bits per heavy atom. The number of hydrogen-bond acceptors (Lipinski definition) is 4. The molecule has 0 bridgehead atoms. The van der Waals surface area contributed by atoms with Crippen molar-refractivity contribution >= 4 is 10.1 Å². The third-order valence-electron chi connectivity index (χ3n) is 4.20. The average Bonchev–Trinajstić information content (AvgIpc) is 2.40. The third kappa shape index (κ3) is 3.04. The van der Waals surface area contributed by atoms with Crippen LogP contribution in [-0.2, 0) is 14.4 Å². The van der Waals surface area contributed by atoms with Gasteiger partial charge in [-0.15, -0.1) is 0 Å². The fourth-order valence-corrected chi connectivity index (χ4v) is 4.59. The molecule has 0 saturated carbocycles. The molecule has 0 radical (unpaired) electrons. The van der Waals surface area contributed by atoms with Crippen LogP contribution in [0, 0.1) is 41.5 Å². The second-order valence-electron chi connectivity index (χ2n) is 6.16. The van der Waals surface area contributed by atoms with Crippen LogP contribution < -0.4 is 5.90 Å². The smallest absolute Gasteiger partial charge is 0.197 e. The molecular weight excluding hydrogens is 310 g/mol. The van der Waals surface area contributed by atoms with E-state index in [2.05, 4.69) is 23.3 Å².